The van der Waals surface area contributed by atoms with Crippen LogP contribution in [0.4, 0.5) is 0 Å². The molecular formula is C24H20N2O5. The van der Waals surface area contributed by atoms with E-state index in [1.807, 2.05) is 41.3 Å². The Balaban J connectivity index is 1.35. The summed E-state index contributed by atoms with van der Waals surface area (Å²) in [6, 6.07) is 17.9. The minimum absolute atomic E-state index is 0.0146. The summed E-state index contributed by atoms with van der Waals surface area (Å²) in [6.45, 7) is 0.813. The topological polar surface area (TPSA) is 80.1 Å². The van der Waals surface area contributed by atoms with E-state index in [0.717, 1.165) is 5.56 Å². The maximum absolute atomic E-state index is 13.4. The predicted octanol–water partition coefficient (Wildman–Crippen LogP) is 2.71. The third-order valence-corrected chi connectivity index (χ3v) is 6.77. The van der Waals surface area contributed by atoms with Gasteiger partial charge in [-0.2, -0.15) is 0 Å². The first-order chi connectivity index (χ1) is 15.1. The SMILES string of the molecule is O=C(c1cc2ccccc2oc1=O)N1CC[C@@]23OC[C@@H](c4ccccc4)N2C(=O)C[C@@H]13. The molecule has 0 bridgehead atoms. The molecule has 1 spiro atoms. The van der Waals surface area contributed by atoms with Crippen molar-refractivity contribution in [3.05, 3.63) is 82.2 Å². The number of carbonyl (C=O) groups is 2. The second-order valence-corrected chi connectivity index (χ2v) is 8.30. The van der Waals surface area contributed by atoms with Crippen molar-refractivity contribution in [3.63, 3.8) is 0 Å². The Morgan fingerprint density at radius 1 is 1.03 bits per heavy atom. The van der Waals surface area contributed by atoms with Crippen molar-refractivity contribution in [1.82, 2.24) is 9.80 Å². The van der Waals surface area contributed by atoms with Crippen molar-refractivity contribution in [1.29, 1.82) is 0 Å². The van der Waals surface area contributed by atoms with E-state index in [-0.39, 0.29) is 23.9 Å². The lowest BCUT2D eigenvalue weighted by Crippen LogP contribution is -2.49. The second-order valence-electron chi connectivity index (χ2n) is 8.30. The van der Waals surface area contributed by atoms with E-state index in [4.69, 9.17) is 9.15 Å². The zero-order valence-corrected chi connectivity index (χ0v) is 16.7. The van der Waals surface area contributed by atoms with Crippen molar-refractivity contribution in [2.45, 2.75) is 30.7 Å². The maximum atomic E-state index is 13.4. The Morgan fingerprint density at radius 3 is 2.65 bits per heavy atom. The van der Waals surface area contributed by atoms with Gasteiger partial charge in [0.2, 0.25) is 5.91 Å². The fraction of sp³-hybridized carbons (Fsp3) is 0.292. The Hall–Kier alpha value is -3.45. The quantitative estimate of drug-likeness (QED) is 0.600. The molecule has 31 heavy (non-hydrogen) atoms. The smallest absolute Gasteiger partial charge is 0.349 e. The number of ether oxygens (including phenoxy) is 1. The van der Waals surface area contributed by atoms with Gasteiger partial charge in [0.1, 0.15) is 11.1 Å². The molecule has 7 nitrogen and oxygen atoms in total. The first-order valence-electron chi connectivity index (χ1n) is 10.4. The molecule has 1 aromatic heterocycles. The highest BCUT2D eigenvalue weighted by molar-refractivity contribution is 5.98. The summed E-state index contributed by atoms with van der Waals surface area (Å²) in [5, 5.41) is 0.685. The minimum Gasteiger partial charge on any atom is -0.422 e. The molecule has 3 atom stereocenters. The highest BCUT2D eigenvalue weighted by Crippen LogP contribution is 2.51. The van der Waals surface area contributed by atoms with Crippen LogP contribution < -0.4 is 5.63 Å². The van der Waals surface area contributed by atoms with Crippen LogP contribution >= 0.6 is 0 Å². The van der Waals surface area contributed by atoms with Gasteiger partial charge in [-0.3, -0.25) is 9.59 Å². The lowest BCUT2D eigenvalue weighted by molar-refractivity contribution is -0.138. The largest absolute Gasteiger partial charge is 0.422 e. The van der Waals surface area contributed by atoms with Crippen LogP contribution in [-0.2, 0) is 9.53 Å². The summed E-state index contributed by atoms with van der Waals surface area (Å²) >= 11 is 0. The van der Waals surface area contributed by atoms with Gasteiger partial charge < -0.3 is 19.0 Å². The van der Waals surface area contributed by atoms with E-state index < -0.39 is 23.3 Å². The first kappa shape index (κ1) is 18.3. The fourth-order valence-corrected chi connectivity index (χ4v) is 5.37. The van der Waals surface area contributed by atoms with E-state index >= 15 is 0 Å². The van der Waals surface area contributed by atoms with Crippen LogP contribution in [0.1, 0.15) is 34.8 Å². The van der Waals surface area contributed by atoms with Crippen LogP contribution in [0.15, 0.2) is 69.9 Å². The Labute approximate surface area is 177 Å². The second kappa shape index (κ2) is 6.52. The van der Waals surface area contributed by atoms with Crippen molar-refractivity contribution in [2.24, 2.45) is 0 Å². The van der Waals surface area contributed by atoms with Crippen LogP contribution in [0.25, 0.3) is 11.0 Å². The summed E-state index contributed by atoms with van der Waals surface area (Å²) in [5.74, 6) is -0.442. The van der Waals surface area contributed by atoms with Crippen LogP contribution in [0.2, 0.25) is 0 Å². The zero-order valence-electron chi connectivity index (χ0n) is 16.7. The van der Waals surface area contributed by atoms with Gasteiger partial charge in [-0.1, -0.05) is 48.5 Å². The Bertz CT molecular complexity index is 1270. The molecule has 3 aliphatic heterocycles. The molecule has 4 heterocycles. The van der Waals surface area contributed by atoms with Gasteiger partial charge in [0.25, 0.3) is 5.91 Å². The summed E-state index contributed by atoms with van der Waals surface area (Å²) in [4.78, 5) is 42.4. The average Bonchev–Trinajstić information content (AvgIpc) is 3.42. The number of amides is 2. The molecule has 2 aromatic carbocycles. The van der Waals surface area contributed by atoms with Crippen molar-refractivity contribution in [3.8, 4) is 0 Å². The molecule has 7 heteroatoms. The van der Waals surface area contributed by atoms with Crippen LogP contribution in [-0.4, -0.2) is 46.5 Å². The highest BCUT2D eigenvalue weighted by Gasteiger charge is 2.65. The fourth-order valence-electron chi connectivity index (χ4n) is 5.37. The van der Waals surface area contributed by atoms with Gasteiger partial charge in [-0.05, 0) is 17.7 Å². The molecule has 6 rings (SSSR count). The van der Waals surface area contributed by atoms with Gasteiger partial charge in [0.05, 0.1) is 25.1 Å². The third-order valence-electron chi connectivity index (χ3n) is 6.77. The number of para-hydroxylation sites is 1. The predicted molar refractivity (Wildman–Crippen MR) is 111 cm³/mol. The molecule has 0 N–H and O–H groups in total. The number of hydrogen-bond acceptors (Lipinski definition) is 5. The number of benzene rings is 2. The van der Waals surface area contributed by atoms with Crippen molar-refractivity contribution < 1.29 is 18.7 Å². The Kier molecular flexibility index (Phi) is 3.86. The molecule has 3 aliphatic rings. The monoisotopic (exact) mass is 416 g/mol. The van der Waals surface area contributed by atoms with E-state index in [2.05, 4.69) is 0 Å². The molecule has 2 amide bonds. The normalized spacial score (nSPS) is 27.0. The van der Waals surface area contributed by atoms with E-state index in [1.54, 1.807) is 29.2 Å². The molecular weight excluding hydrogens is 396 g/mol. The van der Waals surface area contributed by atoms with Crippen LogP contribution in [0.3, 0.4) is 0 Å². The minimum atomic E-state index is -0.829. The van der Waals surface area contributed by atoms with Gasteiger partial charge >= 0.3 is 5.63 Å². The number of fused-ring (bicyclic) bond motifs is 1. The standard InChI is InChI=1S/C24H20N2O5/c27-21-13-20-24(26(21)18(14-30-24)15-6-2-1-3-7-15)10-11-25(20)22(28)17-12-16-8-4-5-9-19(16)31-23(17)29/h1-9,12,18,20H,10-11,13-14H2/t18-,20+,24-/m0/s1. The van der Waals surface area contributed by atoms with Crippen LogP contribution in [0, 0.1) is 0 Å². The summed E-state index contributed by atoms with van der Waals surface area (Å²) in [5.41, 5.74) is -0.0495. The van der Waals surface area contributed by atoms with Crippen molar-refractivity contribution >= 4 is 22.8 Å². The lowest BCUT2D eigenvalue weighted by atomic mass is 10.0. The number of carbonyl (C=O) groups excluding carboxylic acids is 2. The number of hydrogen-bond donors (Lipinski definition) is 0. The van der Waals surface area contributed by atoms with Gasteiger partial charge in [0.15, 0.2) is 5.72 Å². The molecule has 3 aromatic rings. The molecule has 0 saturated carbocycles. The molecule has 3 saturated heterocycles. The molecule has 0 aliphatic carbocycles. The average molecular weight is 416 g/mol. The van der Waals surface area contributed by atoms with Gasteiger partial charge in [0, 0.05) is 18.4 Å². The number of rotatable bonds is 2. The molecule has 156 valence electrons. The highest BCUT2D eigenvalue weighted by atomic mass is 16.5. The van der Waals surface area contributed by atoms with Gasteiger partial charge in [-0.25, -0.2) is 4.79 Å². The van der Waals surface area contributed by atoms with E-state index in [0.29, 0.717) is 30.5 Å². The molecule has 0 unspecified atom stereocenters. The molecule has 3 fully saturated rings. The lowest BCUT2D eigenvalue weighted by Gasteiger charge is -2.33. The molecule has 0 radical (unpaired) electrons. The summed E-state index contributed by atoms with van der Waals surface area (Å²) in [7, 11) is 0. The summed E-state index contributed by atoms with van der Waals surface area (Å²) in [6.07, 6.45) is 0.714. The van der Waals surface area contributed by atoms with E-state index in [1.165, 1.54) is 0 Å². The zero-order chi connectivity index (χ0) is 21.2. The maximum Gasteiger partial charge on any atom is 0.349 e. The Morgan fingerprint density at radius 2 is 1.81 bits per heavy atom. The van der Waals surface area contributed by atoms with E-state index in [9.17, 15) is 14.4 Å². The number of likely N-dealkylation sites (tertiary alicyclic amines) is 1. The van der Waals surface area contributed by atoms with Crippen LogP contribution in [0.5, 0.6) is 0 Å². The van der Waals surface area contributed by atoms with Gasteiger partial charge in [-0.15, -0.1) is 0 Å². The van der Waals surface area contributed by atoms with Crippen molar-refractivity contribution in [2.75, 3.05) is 13.2 Å². The number of nitrogens with zero attached hydrogens (tertiary/aromatic N) is 2. The first-order valence-corrected chi connectivity index (χ1v) is 10.4. The third kappa shape index (κ3) is 2.53. The summed E-state index contributed by atoms with van der Waals surface area (Å²) < 4.78 is 11.6.